The van der Waals surface area contributed by atoms with Gasteiger partial charge in [0.2, 0.25) is 0 Å². The van der Waals surface area contributed by atoms with E-state index in [1.165, 1.54) is 5.56 Å². The predicted octanol–water partition coefficient (Wildman–Crippen LogP) is 3.63. The predicted molar refractivity (Wildman–Crippen MR) is 86.5 cm³/mol. The van der Waals surface area contributed by atoms with Crippen LogP contribution in [0.4, 0.5) is 5.69 Å². The highest BCUT2D eigenvalue weighted by atomic mass is 16.5. The van der Waals surface area contributed by atoms with Gasteiger partial charge in [-0.05, 0) is 49.2 Å². The summed E-state index contributed by atoms with van der Waals surface area (Å²) in [5.74, 6) is 0.688. The Balaban J connectivity index is 2.18. The molecule has 2 aromatic carbocycles. The summed E-state index contributed by atoms with van der Waals surface area (Å²) in [6.07, 6.45) is 0. The molecule has 0 spiro atoms. The minimum absolute atomic E-state index is 0.0517. The number of hydrogen-bond acceptors (Lipinski definition) is 3. The Bertz CT molecular complexity index is 649. The molecule has 0 fully saturated rings. The normalized spacial score (nSPS) is 10.3. The van der Waals surface area contributed by atoms with Crippen molar-refractivity contribution >= 4 is 11.5 Å². The minimum atomic E-state index is 0.0517. The van der Waals surface area contributed by atoms with Crippen molar-refractivity contribution < 1.29 is 9.53 Å². The van der Waals surface area contributed by atoms with Gasteiger partial charge < -0.3 is 9.64 Å². The zero-order valence-corrected chi connectivity index (χ0v) is 13.0. The van der Waals surface area contributed by atoms with Crippen LogP contribution in [0.1, 0.15) is 21.5 Å². The highest BCUT2D eigenvalue weighted by Crippen LogP contribution is 2.22. The van der Waals surface area contributed by atoms with Crippen molar-refractivity contribution in [2.75, 3.05) is 25.6 Å². The monoisotopic (exact) mass is 283 g/mol. The molecule has 0 amide bonds. The molecule has 0 atom stereocenters. The number of carbonyl (C=O) groups is 1. The standard InChI is InChI=1S/C18H21NO2/c1-13-6-5-7-15(10-13)19(3)12-17(20)16-9-8-14(2)11-18(16)21-4/h5-11H,12H2,1-4H3. The van der Waals surface area contributed by atoms with Crippen LogP contribution in [-0.4, -0.2) is 26.5 Å². The van der Waals surface area contributed by atoms with Crippen LogP contribution in [0, 0.1) is 13.8 Å². The topological polar surface area (TPSA) is 29.5 Å². The first kappa shape index (κ1) is 15.1. The summed E-state index contributed by atoms with van der Waals surface area (Å²) in [6, 6.07) is 13.8. The van der Waals surface area contributed by atoms with Gasteiger partial charge in [-0.2, -0.15) is 0 Å². The maximum atomic E-state index is 12.5. The number of nitrogens with zero attached hydrogens (tertiary/aromatic N) is 1. The molecule has 0 saturated carbocycles. The summed E-state index contributed by atoms with van der Waals surface area (Å²) in [5.41, 5.74) is 3.92. The Labute approximate surface area is 126 Å². The maximum Gasteiger partial charge on any atom is 0.185 e. The number of ether oxygens (including phenoxy) is 1. The fraction of sp³-hybridized carbons (Fsp3) is 0.278. The first-order valence-corrected chi connectivity index (χ1v) is 6.97. The third-order valence-corrected chi connectivity index (χ3v) is 3.48. The zero-order valence-electron chi connectivity index (χ0n) is 13.0. The summed E-state index contributed by atoms with van der Waals surface area (Å²) in [4.78, 5) is 14.4. The third kappa shape index (κ3) is 3.63. The van der Waals surface area contributed by atoms with Crippen LogP contribution < -0.4 is 9.64 Å². The van der Waals surface area contributed by atoms with Gasteiger partial charge in [-0.3, -0.25) is 4.79 Å². The largest absolute Gasteiger partial charge is 0.496 e. The lowest BCUT2D eigenvalue weighted by Gasteiger charge is -2.19. The highest BCUT2D eigenvalue weighted by molar-refractivity contribution is 6.01. The lowest BCUT2D eigenvalue weighted by atomic mass is 10.1. The molecule has 0 saturated heterocycles. The smallest absolute Gasteiger partial charge is 0.185 e. The number of rotatable bonds is 5. The number of methoxy groups -OCH3 is 1. The molecule has 0 heterocycles. The fourth-order valence-corrected chi connectivity index (χ4v) is 2.29. The lowest BCUT2D eigenvalue weighted by molar-refractivity contribution is 0.0997. The average Bonchev–Trinajstić information content (AvgIpc) is 2.46. The molecule has 0 radical (unpaired) electrons. The van der Waals surface area contributed by atoms with Crippen LogP contribution in [-0.2, 0) is 0 Å². The number of hydrogen-bond donors (Lipinski definition) is 0. The van der Waals surface area contributed by atoms with Crippen molar-refractivity contribution in [2.45, 2.75) is 13.8 Å². The number of anilines is 1. The molecular weight excluding hydrogens is 262 g/mol. The molecule has 3 heteroatoms. The van der Waals surface area contributed by atoms with Crippen LogP contribution in [0.2, 0.25) is 0 Å². The Kier molecular flexibility index (Phi) is 4.63. The molecule has 0 aliphatic rings. The summed E-state index contributed by atoms with van der Waals surface area (Å²) < 4.78 is 5.31. The van der Waals surface area contributed by atoms with Gasteiger partial charge in [-0.1, -0.05) is 18.2 Å². The van der Waals surface area contributed by atoms with Crippen molar-refractivity contribution in [1.82, 2.24) is 0 Å². The lowest BCUT2D eigenvalue weighted by Crippen LogP contribution is -2.26. The Morgan fingerprint density at radius 3 is 2.48 bits per heavy atom. The molecule has 2 aromatic rings. The number of aryl methyl sites for hydroxylation is 2. The van der Waals surface area contributed by atoms with Crippen molar-refractivity contribution in [1.29, 1.82) is 0 Å². The second-order valence-corrected chi connectivity index (χ2v) is 5.32. The molecule has 0 bridgehead atoms. The number of likely N-dealkylation sites (N-methyl/N-ethyl adjacent to an activating group) is 1. The van der Waals surface area contributed by atoms with Crippen molar-refractivity contribution in [2.24, 2.45) is 0 Å². The summed E-state index contributed by atoms with van der Waals surface area (Å²) in [7, 11) is 3.52. The SMILES string of the molecule is COc1cc(C)ccc1C(=O)CN(C)c1cccc(C)c1. The molecule has 21 heavy (non-hydrogen) atoms. The molecule has 0 aromatic heterocycles. The van der Waals surface area contributed by atoms with Crippen LogP contribution >= 0.6 is 0 Å². The number of Topliss-reactive ketones (excluding diaryl/α,β-unsaturated/α-hetero) is 1. The first-order chi connectivity index (χ1) is 10.0. The maximum absolute atomic E-state index is 12.5. The van der Waals surface area contributed by atoms with Gasteiger partial charge in [0.25, 0.3) is 0 Å². The van der Waals surface area contributed by atoms with Gasteiger partial charge in [-0.15, -0.1) is 0 Å². The van der Waals surface area contributed by atoms with Gasteiger partial charge in [0.1, 0.15) is 5.75 Å². The molecule has 0 unspecified atom stereocenters. The number of carbonyl (C=O) groups excluding carboxylic acids is 1. The molecular formula is C18H21NO2. The second kappa shape index (κ2) is 6.44. The van der Waals surface area contributed by atoms with E-state index in [1.807, 2.05) is 62.2 Å². The van der Waals surface area contributed by atoms with E-state index in [0.29, 0.717) is 17.9 Å². The van der Waals surface area contributed by atoms with Gasteiger partial charge in [0.15, 0.2) is 5.78 Å². The van der Waals surface area contributed by atoms with E-state index < -0.39 is 0 Å². The molecule has 2 rings (SSSR count). The summed E-state index contributed by atoms with van der Waals surface area (Å²) in [6.45, 7) is 4.35. The highest BCUT2D eigenvalue weighted by Gasteiger charge is 2.14. The van der Waals surface area contributed by atoms with E-state index >= 15 is 0 Å². The zero-order chi connectivity index (χ0) is 15.4. The van der Waals surface area contributed by atoms with Crippen LogP contribution in [0.25, 0.3) is 0 Å². The van der Waals surface area contributed by atoms with E-state index in [-0.39, 0.29) is 5.78 Å². The van der Waals surface area contributed by atoms with Gasteiger partial charge in [-0.25, -0.2) is 0 Å². The van der Waals surface area contributed by atoms with E-state index in [2.05, 4.69) is 6.07 Å². The molecule has 0 N–H and O–H groups in total. The van der Waals surface area contributed by atoms with Gasteiger partial charge in [0, 0.05) is 12.7 Å². The molecule has 0 aliphatic carbocycles. The summed E-state index contributed by atoms with van der Waals surface area (Å²) in [5, 5.41) is 0. The third-order valence-electron chi connectivity index (χ3n) is 3.48. The fourth-order valence-electron chi connectivity index (χ4n) is 2.29. The summed E-state index contributed by atoms with van der Waals surface area (Å²) >= 11 is 0. The quantitative estimate of drug-likeness (QED) is 0.785. The van der Waals surface area contributed by atoms with Gasteiger partial charge >= 0.3 is 0 Å². The molecule has 3 nitrogen and oxygen atoms in total. The molecule has 0 aliphatic heterocycles. The minimum Gasteiger partial charge on any atom is -0.496 e. The molecule has 110 valence electrons. The van der Waals surface area contributed by atoms with E-state index in [4.69, 9.17) is 4.74 Å². The second-order valence-electron chi connectivity index (χ2n) is 5.32. The van der Waals surface area contributed by atoms with E-state index in [9.17, 15) is 4.79 Å². The Morgan fingerprint density at radius 2 is 1.81 bits per heavy atom. The Morgan fingerprint density at radius 1 is 1.10 bits per heavy atom. The van der Waals surface area contributed by atoms with Crippen molar-refractivity contribution in [3.63, 3.8) is 0 Å². The van der Waals surface area contributed by atoms with Crippen LogP contribution in [0.15, 0.2) is 42.5 Å². The Hall–Kier alpha value is -2.29. The van der Waals surface area contributed by atoms with E-state index in [0.717, 1.165) is 11.3 Å². The van der Waals surface area contributed by atoms with Gasteiger partial charge in [0.05, 0.1) is 19.2 Å². The first-order valence-electron chi connectivity index (χ1n) is 6.97. The van der Waals surface area contributed by atoms with Crippen LogP contribution in [0.5, 0.6) is 5.75 Å². The number of ketones is 1. The van der Waals surface area contributed by atoms with Crippen molar-refractivity contribution in [3.8, 4) is 5.75 Å². The average molecular weight is 283 g/mol. The van der Waals surface area contributed by atoms with E-state index in [1.54, 1.807) is 7.11 Å². The number of benzene rings is 2. The van der Waals surface area contributed by atoms with Crippen molar-refractivity contribution in [3.05, 3.63) is 59.2 Å². The van der Waals surface area contributed by atoms with Crippen LogP contribution in [0.3, 0.4) is 0 Å².